The zero-order chi connectivity index (χ0) is 15.5. The molecule has 0 unspecified atom stereocenters. The third kappa shape index (κ3) is 4.47. The minimum absolute atomic E-state index is 0.208. The van der Waals surface area contributed by atoms with Crippen LogP contribution in [0.25, 0.3) is 0 Å². The average Bonchev–Trinajstić information content (AvgIpc) is 2.42. The van der Waals surface area contributed by atoms with Crippen LogP contribution < -0.4 is 5.32 Å². The Bertz CT molecular complexity index is 584. The highest BCUT2D eigenvalue weighted by molar-refractivity contribution is 7.88. The van der Waals surface area contributed by atoms with Gasteiger partial charge in [-0.1, -0.05) is 12.1 Å². The van der Waals surface area contributed by atoms with Crippen molar-refractivity contribution in [3.8, 4) is 0 Å². The van der Waals surface area contributed by atoms with Crippen LogP contribution in [0.1, 0.15) is 11.1 Å². The number of piperazine rings is 1. The third-order valence-corrected chi connectivity index (χ3v) is 4.99. The van der Waals surface area contributed by atoms with E-state index in [-0.39, 0.29) is 5.82 Å². The highest BCUT2D eigenvalue weighted by atomic mass is 32.2. The molecule has 1 fully saturated rings. The molecule has 0 aliphatic carbocycles. The lowest BCUT2D eigenvalue weighted by Gasteiger charge is -2.33. The van der Waals surface area contributed by atoms with E-state index in [2.05, 4.69) is 10.2 Å². The molecule has 1 aromatic rings. The van der Waals surface area contributed by atoms with Crippen LogP contribution in [-0.4, -0.2) is 57.1 Å². The second-order valence-corrected chi connectivity index (χ2v) is 7.38. The maximum atomic E-state index is 13.9. The van der Waals surface area contributed by atoms with Crippen LogP contribution in [0.2, 0.25) is 0 Å². The number of nitrogens with one attached hydrogen (secondary N) is 1. The second kappa shape index (κ2) is 6.83. The highest BCUT2D eigenvalue weighted by Gasteiger charge is 2.23. The molecule has 5 nitrogen and oxygen atoms in total. The van der Waals surface area contributed by atoms with Crippen molar-refractivity contribution in [2.75, 3.05) is 39.5 Å². The van der Waals surface area contributed by atoms with E-state index in [1.54, 1.807) is 6.07 Å². The Morgan fingerprint density at radius 3 is 2.48 bits per heavy atom. The van der Waals surface area contributed by atoms with Gasteiger partial charge >= 0.3 is 0 Å². The van der Waals surface area contributed by atoms with Crippen molar-refractivity contribution in [3.05, 3.63) is 35.1 Å². The molecule has 21 heavy (non-hydrogen) atoms. The van der Waals surface area contributed by atoms with Gasteiger partial charge in [0.1, 0.15) is 5.82 Å². The van der Waals surface area contributed by atoms with Gasteiger partial charge in [-0.05, 0) is 18.7 Å². The predicted molar refractivity (Wildman–Crippen MR) is 80.9 cm³/mol. The highest BCUT2D eigenvalue weighted by Crippen LogP contribution is 2.15. The molecule has 1 aliphatic heterocycles. The van der Waals surface area contributed by atoms with Gasteiger partial charge in [0, 0.05) is 44.8 Å². The number of hydrogen-bond donors (Lipinski definition) is 1. The summed E-state index contributed by atoms with van der Waals surface area (Å²) >= 11 is 0. The molecule has 0 amide bonds. The molecule has 7 heteroatoms. The van der Waals surface area contributed by atoms with Gasteiger partial charge in [0.05, 0.1) is 6.26 Å². The summed E-state index contributed by atoms with van der Waals surface area (Å²) in [5, 5.41) is 3.05. The fourth-order valence-corrected chi connectivity index (χ4v) is 3.35. The van der Waals surface area contributed by atoms with E-state index < -0.39 is 10.0 Å². The lowest BCUT2D eigenvalue weighted by atomic mass is 10.1. The lowest BCUT2D eigenvalue weighted by molar-refractivity contribution is 0.180. The van der Waals surface area contributed by atoms with Crippen molar-refractivity contribution in [1.82, 2.24) is 14.5 Å². The molecular weight excluding hydrogens is 293 g/mol. The van der Waals surface area contributed by atoms with Crippen LogP contribution in [0.5, 0.6) is 0 Å². The summed E-state index contributed by atoms with van der Waals surface area (Å²) in [4.78, 5) is 2.09. The maximum Gasteiger partial charge on any atom is 0.211 e. The van der Waals surface area contributed by atoms with E-state index in [1.807, 2.05) is 13.1 Å². The van der Waals surface area contributed by atoms with Gasteiger partial charge in [0.25, 0.3) is 0 Å². The molecule has 1 N–H and O–H groups in total. The Morgan fingerprint density at radius 2 is 1.90 bits per heavy atom. The monoisotopic (exact) mass is 315 g/mol. The van der Waals surface area contributed by atoms with Crippen molar-refractivity contribution in [2.45, 2.75) is 13.1 Å². The van der Waals surface area contributed by atoms with E-state index in [1.165, 1.54) is 16.6 Å². The largest absolute Gasteiger partial charge is 0.316 e. The third-order valence-electron chi connectivity index (χ3n) is 3.69. The molecule has 2 rings (SSSR count). The predicted octanol–water partition coefficient (Wildman–Crippen LogP) is 0.622. The van der Waals surface area contributed by atoms with E-state index in [9.17, 15) is 12.8 Å². The van der Waals surface area contributed by atoms with Gasteiger partial charge in [-0.3, -0.25) is 4.90 Å². The first-order valence-electron chi connectivity index (χ1n) is 6.99. The van der Waals surface area contributed by atoms with E-state index in [0.717, 1.165) is 5.56 Å². The Morgan fingerprint density at radius 1 is 1.24 bits per heavy atom. The number of hydrogen-bond acceptors (Lipinski definition) is 4. The standard InChI is InChI=1S/C14H22FN3O2S/c1-16-10-12-3-4-14(15)13(9-12)11-17-5-7-18(8-6-17)21(2,19)20/h3-4,9,16H,5-8,10-11H2,1-2H3. The van der Waals surface area contributed by atoms with E-state index >= 15 is 0 Å². The van der Waals surface area contributed by atoms with Gasteiger partial charge in [-0.15, -0.1) is 0 Å². The zero-order valence-corrected chi connectivity index (χ0v) is 13.3. The zero-order valence-electron chi connectivity index (χ0n) is 12.5. The Balaban J connectivity index is 1.99. The lowest BCUT2D eigenvalue weighted by Crippen LogP contribution is -2.47. The topological polar surface area (TPSA) is 52.6 Å². The summed E-state index contributed by atoms with van der Waals surface area (Å²) < 4.78 is 38.3. The van der Waals surface area contributed by atoms with E-state index in [4.69, 9.17) is 0 Å². The Hall–Kier alpha value is -1.02. The summed E-state index contributed by atoms with van der Waals surface area (Å²) in [6, 6.07) is 5.14. The first-order chi connectivity index (χ1) is 9.90. The summed E-state index contributed by atoms with van der Waals surface area (Å²) in [6.07, 6.45) is 1.23. The average molecular weight is 315 g/mol. The number of sulfonamides is 1. The quantitative estimate of drug-likeness (QED) is 0.866. The summed E-state index contributed by atoms with van der Waals surface area (Å²) in [5.74, 6) is -0.208. The van der Waals surface area contributed by atoms with Crippen molar-refractivity contribution in [3.63, 3.8) is 0 Å². The first kappa shape index (κ1) is 16.4. The molecule has 0 spiro atoms. The summed E-state index contributed by atoms with van der Waals surface area (Å²) in [5.41, 5.74) is 1.71. The van der Waals surface area contributed by atoms with Crippen LogP contribution in [0.3, 0.4) is 0 Å². The van der Waals surface area contributed by atoms with Crippen molar-refractivity contribution in [1.29, 1.82) is 0 Å². The van der Waals surface area contributed by atoms with Crippen molar-refractivity contribution >= 4 is 10.0 Å². The van der Waals surface area contributed by atoms with Gasteiger partial charge in [-0.25, -0.2) is 12.8 Å². The summed E-state index contributed by atoms with van der Waals surface area (Å²) in [7, 11) is -1.27. The number of halogens is 1. The fourth-order valence-electron chi connectivity index (χ4n) is 2.52. The molecule has 1 saturated heterocycles. The maximum absolute atomic E-state index is 13.9. The minimum atomic E-state index is -3.12. The molecule has 0 atom stereocenters. The van der Waals surface area contributed by atoms with Crippen LogP contribution in [0.15, 0.2) is 18.2 Å². The Labute approximate surface area is 125 Å². The number of rotatable bonds is 5. The molecule has 0 saturated carbocycles. The van der Waals surface area contributed by atoms with Gasteiger partial charge in [0.15, 0.2) is 0 Å². The van der Waals surface area contributed by atoms with Crippen molar-refractivity contribution in [2.24, 2.45) is 0 Å². The number of benzene rings is 1. The number of nitrogens with zero attached hydrogens (tertiary/aromatic N) is 2. The van der Waals surface area contributed by atoms with Crippen LogP contribution in [-0.2, 0) is 23.1 Å². The molecule has 118 valence electrons. The first-order valence-corrected chi connectivity index (χ1v) is 8.84. The molecular formula is C14H22FN3O2S. The summed E-state index contributed by atoms with van der Waals surface area (Å²) in [6.45, 7) is 3.41. The smallest absolute Gasteiger partial charge is 0.211 e. The Kier molecular flexibility index (Phi) is 5.32. The minimum Gasteiger partial charge on any atom is -0.316 e. The van der Waals surface area contributed by atoms with Crippen LogP contribution in [0, 0.1) is 5.82 Å². The molecule has 0 radical (unpaired) electrons. The van der Waals surface area contributed by atoms with Crippen molar-refractivity contribution < 1.29 is 12.8 Å². The molecule has 0 aromatic heterocycles. The molecule has 1 aromatic carbocycles. The van der Waals surface area contributed by atoms with Crippen LogP contribution in [0.4, 0.5) is 4.39 Å². The molecule has 0 bridgehead atoms. The SMILES string of the molecule is CNCc1ccc(F)c(CN2CCN(S(C)(=O)=O)CC2)c1. The second-order valence-electron chi connectivity index (χ2n) is 5.39. The fraction of sp³-hybridized carbons (Fsp3) is 0.571. The normalized spacial score (nSPS) is 18.0. The van der Waals surface area contributed by atoms with Gasteiger partial charge in [-0.2, -0.15) is 4.31 Å². The van der Waals surface area contributed by atoms with Gasteiger partial charge < -0.3 is 5.32 Å². The molecule has 1 aliphatic rings. The molecule has 1 heterocycles. The van der Waals surface area contributed by atoms with E-state index in [0.29, 0.717) is 44.8 Å². The van der Waals surface area contributed by atoms with Crippen LogP contribution >= 0.6 is 0 Å². The van der Waals surface area contributed by atoms with Gasteiger partial charge in [0.2, 0.25) is 10.0 Å².